The van der Waals surface area contributed by atoms with Gasteiger partial charge in [0.2, 0.25) is 0 Å². The molecule has 2 rings (SSSR count). The van der Waals surface area contributed by atoms with E-state index in [1.54, 1.807) is 12.3 Å². The first-order valence-corrected chi connectivity index (χ1v) is 9.52. The van der Waals surface area contributed by atoms with Gasteiger partial charge in [-0.15, -0.1) is 0 Å². The molecule has 0 aliphatic rings. The summed E-state index contributed by atoms with van der Waals surface area (Å²) in [4.78, 5) is 11.8. The van der Waals surface area contributed by atoms with Crippen molar-refractivity contribution >= 4 is 15.7 Å². The van der Waals surface area contributed by atoms with Crippen molar-refractivity contribution in [2.75, 3.05) is 13.4 Å². The molecule has 0 fully saturated rings. The highest BCUT2D eigenvalue weighted by Crippen LogP contribution is 2.26. The monoisotopic (exact) mass is 385 g/mol. The van der Waals surface area contributed by atoms with Crippen molar-refractivity contribution in [1.29, 1.82) is 0 Å². The number of hydrogen-bond acceptors (Lipinski definition) is 6. The number of aryl methyl sites for hydroxylation is 1. The van der Waals surface area contributed by atoms with Crippen molar-refractivity contribution in [1.82, 2.24) is 15.3 Å². The van der Waals surface area contributed by atoms with E-state index in [0.29, 0.717) is 11.1 Å². The molecule has 1 amide bonds. The Bertz CT molecular complexity index is 912. The van der Waals surface area contributed by atoms with Gasteiger partial charge in [-0.05, 0) is 31.0 Å². The van der Waals surface area contributed by atoms with Gasteiger partial charge in [-0.25, -0.2) is 18.3 Å². The van der Waals surface area contributed by atoms with Crippen LogP contribution in [0, 0.1) is 5.82 Å². The number of aromatic nitrogens is 2. The van der Waals surface area contributed by atoms with Gasteiger partial charge >= 0.3 is 0 Å². The maximum Gasteiger partial charge on any atom is 0.264 e. The van der Waals surface area contributed by atoms with Gasteiger partial charge in [0, 0.05) is 24.6 Å². The normalized spacial score (nSPS) is 13.9. The highest BCUT2D eigenvalue weighted by Gasteiger charge is 2.43. The molecule has 0 aliphatic heterocycles. The molecule has 142 valence electrons. The number of carbonyl (C=O) groups is 1. The van der Waals surface area contributed by atoms with Crippen LogP contribution in [0.2, 0.25) is 0 Å². The molecule has 1 heterocycles. The van der Waals surface area contributed by atoms with E-state index in [-0.39, 0.29) is 18.7 Å². The fourth-order valence-electron chi connectivity index (χ4n) is 2.39. The predicted molar refractivity (Wildman–Crippen MR) is 92.0 cm³/mol. The van der Waals surface area contributed by atoms with Crippen molar-refractivity contribution < 1.29 is 27.5 Å². The maximum absolute atomic E-state index is 13.8. The number of hydrogen-bond donors (Lipinski definition) is 2. The molecule has 0 spiro atoms. The predicted octanol–water partition coefficient (Wildman–Crippen LogP) is 1.40. The van der Waals surface area contributed by atoms with Gasteiger partial charge in [-0.2, -0.15) is 5.10 Å². The molecular formula is C16H20FN3O5S. The first-order chi connectivity index (χ1) is 12.1. The lowest BCUT2D eigenvalue weighted by molar-refractivity contribution is -0.131. The molecule has 1 aromatic heterocycles. The molecule has 2 N–H and O–H groups in total. The van der Waals surface area contributed by atoms with Gasteiger partial charge in [0.1, 0.15) is 0 Å². The topological polar surface area (TPSA) is 111 Å². The van der Waals surface area contributed by atoms with Gasteiger partial charge in [0.15, 0.2) is 26.2 Å². The second-order valence-electron chi connectivity index (χ2n) is 6.04. The number of methoxy groups -OCH3 is 1. The standard InChI is InChI=1S/C16H20FN3O5S/c1-16(15(21)19-22,26(3,23)24)6-7-20-10-12(9-18-20)11-4-5-14(25-2)13(17)8-11/h4-5,8-10,22H,6-7H2,1-3H3,(H,19,21). The number of nitrogens with one attached hydrogen (secondary N) is 1. The van der Waals surface area contributed by atoms with Crippen LogP contribution in [0.5, 0.6) is 5.75 Å². The molecule has 26 heavy (non-hydrogen) atoms. The lowest BCUT2D eigenvalue weighted by Gasteiger charge is -2.24. The Morgan fingerprint density at radius 1 is 1.42 bits per heavy atom. The zero-order valence-corrected chi connectivity index (χ0v) is 15.4. The third kappa shape index (κ3) is 3.86. The average Bonchev–Trinajstić information content (AvgIpc) is 3.06. The molecular weight excluding hydrogens is 365 g/mol. The maximum atomic E-state index is 13.8. The van der Waals surface area contributed by atoms with Gasteiger partial charge in [-0.1, -0.05) is 6.07 Å². The van der Waals surface area contributed by atoms with Crippen LogP contribution >= 0.6 is 0 Å². The molecule has 8 nitrogen and oxygen atoms in total. The molecule has 0 radical (unpaired) electrons. The van der Waals surface area contributed by atoms with Crippen molar-refractivity contribution in [3.05, 3.63) is 36.4 Å². The molecule has 0 saturated carbocycles. The Morgan fingerprint density at radius 2 is 2.12 bits per heavy atom. The highest BCUT2D eigenvalue weighted by molar-refractivity contribution is 7.92. The SMILES string of the molecule is COc1ccc(-c2cnn(CCC(C)(C(=O)NO)S(C)(=O)=O)c2)cc1F. The molecule has 10 heteroatoms. The first-order valence-electron chi connectivity index (χ1n) is 7.63. The molecule has 1 unspecified atom stereocenters. The van der Waals surface area contributed by atoms with Crippen LogP contribution in [-0.4, -0.2) is 47.4 Å². The molecule has 0 aliphatic carbocycles. The number of amides is 1. The number of halogens is 1. The molecule has 1 aromatic carbocycles. The quantitative estimate of drug-likeness (QED) is 0.551. The fraction of sp³-hybridized carbons (Fsp3) is 0.375. The number of hydroxylamine groups is 1. The van der Waals surface area contributed by atoms with Gasteiger partial charge in [0.25, 0.3) is 5.91 Å². The first kappa shape index (κ1) is 19.9. The molecule has 0 bridgehead atoms. The second-order valence-corrected chi connectivity index (χ2v) is 8.48. The van der Waals surface area contributed by atoms with Crippen LogP contribution < -0.4 is 10.2 Å². The van der Waals surface area contributed by atoms with Crippen molar-refractivity contribution in [2.45, 2.75) is 24.6 Å². The highest BCUT2D eigenvalue weighted by atomic mass is 32.2. The van der Waals surface area contributed by atoms with E-state index in [4.69, 9.17) is 9.94 Å². The zero-order chi connectivity index (χ0) is 19.5. The summed E-state index contributed by atoms with van der Waals surface area (Å²) in [7, 11) is -2.41. The van der Waals surface area contributed by atoms with Gasteiger partial charge in [0.05, 0.1) is 13.3 Å². The van der Waals surface area contributed by atoms with Crippen LogP contribution in [0.15, 0.2) is 30.6 Å². The van der Waals surface area contributed by atoms with E-state index in [9.17, 15) is 17.6 Å². The summed E-state index contributed by atoms with van der Waals surface area (Å²) in [6.45, 7) is 1.34. The van der Waals surface area contributed by atoms with Gasteiger partial charge < -0.3 is 4.74 Å². The number of rotatable bonds is 7. The van der Waals surface area contributed by atoms with E-state index in [1.807, 2.05) is 0 Å². The summed E-state index contributed by atoms with van der Waals surface area (Å²) in [6.07, 6.45) is 3.94. The van der Waals surface area contributed by atoms with Crippen LogP contribution in [0.25, 0.3) is 11.1 Å². The Kier molecular flexibility index (Phi) is 5.67. The van der Waals surface area contributed by atoms with Crippen molar-refractivity contribution in [2.24, 2.45) is 0 Å². The average molecular weight is 385 g/mol. The summed E-state index contributed by atoms with van der Waals surface area (Å²) in [6, 6.07) is 4.47. The Morgan fingerprint density at radius 3 is 2.65 bits per heavy atom. The Balaban J connectivity index is 2.20. The summed E-state index contributed by atoms with van der Waals surface area (Å²) < 4.78 is 42.2. The summed E-state index contributed by atoms with van der Waals surface area (Å²) >= 11 is 0. The molecule has 0 saturated heterocycles. The second kappa shape index (κ2) is 7.42. The van der Waals surface area contributed by atoms with E-state index in [1.165, 1.54) is 42.5 Å². The number of sulfone groups is 1. The summed E-state index contributed by atoms with van der Waals surface area (Å²) in [5.41, 5.74) is 2.60. The third-order valence-electron chi connectivity index (χ3n) is 4.34. The van der Waals surface area contributed by atoms with Gasteiger partial charge in [-0.3, -0.25) is 14.7 Å². The minimum absolute atomic E-state index is 0.101. The van der Waals surface area contributed by atoms with E-state index in [0.717, 1.165) is 6.26 Å². The van der Waals surface area contributed by atoms with Crippen LogP contribution in [-0.2, 0) is 21.2 Å². The molecule has 1 atom stereocenters. The van der Waals surface area contributed by atoms with E-state index >= 15 is 0 Å². The number of ether oxygens (including phenoxy) is 1. The van der Waals surface area contributed by atoms with E-state index in [2.05, 4.69) is 5.10 Å². The fourth-order valence-corrected chi connectivity index (χ4v) is 3.24. The Hall–Kier alpha value is -2.46. The van der Waals surface area contributed by atoms with Crippen LogP contribution in [0.3, 0.4) is 0 Å². The number of nitrogens with zero attached hydrogens (tertiary/aromatic N) is 2. The molecule has 2 aromatic rings. The summed E-state index contributed by atoms with van der Waals surface area (Å²) in [5.74, 6) is -1.40. The van der Waals surface area contributed by atoms with Crippen molar-refractivity contribution in [3.8, 4) is 16.9 Å². The number of carbonyl (C=O) groups excluding carboxylic acids is 1. The third-order valence-corrected chi connectivity index (χ3v) is 6.36. The lowest BCUT2D eigenvalue weighted by Crippen LogP contribution is -2.49. The summed E-state index contributed by atoms with van der Waals surface area (Å²) in [5, 5.41) is 12.9. The van der Waals surface area contributed by atoms with Crippen LogP contribution in [0.4, 0.5) is 4.39 Å². The van der Waals surface area contributed by atoms with E-state index < -0.39 is 26.3 Å². The minimum atomic E-state index is -3.78. The Labute approximate surface area is 150 Å². The minimum Gasteiger partial charge on any atom is -0.494 e. The smallest absolute Gasteiger partial charge is 0.264 e. The zero-order valence-electron chi connectivity index (χ0n) is 14.6. The lowest BCUT2D eigenvalue weighted by atomic mass is 10.1. The number of benzene rings is 1. The largest absolute Gasteiger partial charge is 0.494 e. The van der Waals surface area contributed by atoms with Crippen molar-refractivity contribution in [3.63, 3.8) is 0 Å². The van der Waals surface area contributed by atoms with Crippen LogP contribution in [0.1, 0.15) is 13.3 Å².